The van der Waals surface area contributed by atoms with Crippen LogP contribution in [0.2, 0.25) is 0 Å². The molecule has 1 unspecified atom stereocenters. The molecule has 0 aliphatic rings. The van der Waals surface area contributed by atoms with Crippen LogP contribution in [0.15, 0.2) is 18.2 Å². The number of nitrogens with one attached hydrogen (secondary N) is 1. The highest BCUT2D eigenvalue weighted by molar-refractivity contribution is 6.00. The largest absolute Gasteiger partial charge is 0.493 e. The molecule has 0 bridgehead atoms. The van der Waals surface area contributed by atoms with Gasteiger partial charge in [0.25, 0.3) is 0 Å². The third-order valence-corrected chi connectivity index (χ3v) is 2.85. The smallest absolute Gasteiger partial charge is 0.304 e. The van der Waals surface area contributed by atoms with E-state index in [9.17, 15) is 9.59 Å². The number of benzene rings is 1. The van der Waals surface area contributed by atoms with Gasteiger partial charge >= 0.3 is 5.97 Å². The van der Waals surface area contributed by atoms with E-state index in [4.69, 9.17) is 14.6 Å². The second kappa shape index (κ2) is 7.49. The number of aliphatic carboxylic acids is 1. The fourth-order valence-corrected chi connectivity index (χ4v) is 1.73. The van der Waals surface area contributed by atoms with Gasteiger partial charge in [-0.3, -0.25) is 9.59 Å². The fraction of sp³-hybridized carbons (Fsp3) is 0.429. The molecule has 1 aromatic rings. The molecular weight excluding hydrogens is 262 g/mol. The predicted molar refractivity (Wildman–Crippen MR) is 73.6 cm³/mol. The first-order chi connectivity index (χ1) is 9.49. The van der Waals surface area contributed by atoms with Crippen molar-refractivity contribution in [2.45, 2.75) is 19.4 Å². The summed E-state index contributed by atoms with van der Waals surface area (Å²) in [6.45, 7) is 1.94. The summed E-state index contributed by atoms with van der Waals surface area (Å²) in [7, 11) is 3.02. The van der Waals surface area contributed by atoms with E-state index < -0.39 is 12.0 Å². The van der Waals surface area contributed by atoms with Crippen LogP contribution in [0.25, 0.3) is 0 Å². The van der Waals surface area contributed by atoms with Crippen molar-refractivity contribution < 1.29 is 24.2 Å². The Bertz CT molecular complexity index is 486. The minimum absolute atomic E-state index is 0.0243. The molecule has 1 rings (SSSR count). The Kier molecular flexibility index (Phi) is 5.99. The lowest BCUT2D eigenvalue weighted by molar-refractivity contribution is -0.136. The molecule has 0 spiro atoms. The zero-order valence-corrected chi connectivity index (χ0v) is 11.8. The molecule has 0 amide bonds. The van der Waals surface area contributed by atoms with Crippen molar-refractivity contribution in [1.82, 2.24) is 5.32 Å². The number of hydrogen-bond acceptors (Lipinski definition) is 5. The Morgan fingerprint density at radius 3 is 2.45 bits per heavy atom. The van der Waals surface area contributed by atoms with Crippen molar-refractivity contribution >= 4 is 11.8 Å². The minimum atomic E-state index is -0.900. The molecule has 0 aliphatic carbocycles. The van der Waals surface area contributed by atoms with Crippen molar-refractivity contribution in [3.05, 3.63) is 23.8 Å². The number of carbonyl (C=O) groups excluding carboxylic acids is 1. The lowest BCUT2D eigenvalue weighted by atomic mass is 10.0. The van der Waals surface area contributed by atoms with Crippen molar-refractivity contribution in [3.63, 3.8) is 0 Å². The highest BCUT2D eigenvalue weighted by Crippen LogP contribution is 2.27. The van der Waals surface area contributed by atoms with E-state index in [-0.39, 0.29) is 18.7 Å². The van der Waals surface area contributed by atoms with Gasteiger partial charge < -0.3 is 19.9 Å². The molecule has 0 saturated heterocycles. The van der Waals surface area contributed by atoms with Gasteiger partial charge in [-0.2, -0.15) is 0 Å². The van der Waals surface area contributed by atoms with Crippen LogP contribution in [-0.2, 0) is 4.79 Å². The molecule has 0 heterocycles. The summed E-state index contributed by atoms with van der Waals surface area (Å²) in [6.07, 6.45) is -0.0243. The second-order valence-corrected chi connectivity index (χ2v) is 4.25. The van der Waals surface area contributed by atoms with E-state index in [1.807, 2.05) is 0 Å². The average molecular weight is 281 g/mol. The molecule has 20 heavy (non-hydrogen) atoms. The molecular formula is C14H19NO5. The first-order valence-corrected chi connectivity index (χ1v) is 6.21. The van der Waals surface area contributed by atoms with Gasteiger partial charge in [-0.05, 0) is 25.1 Å². The van der Waals surface area contributed by atoms with Gasteiger partial charge in [0.05, 0.1) is 26.7 Å². The van der Waals surface area contributed by atoms with Gasteiger partial charge in [0.2, 0.25) is 0 Å². The van der Waals surface area contributed by atoms with Crippen LogP contribution in [0.4, 0.5) is 0 Å². The monoisotopic (exact) mass is 281 g/mol. The van der Waals surface area contributed by atoms with E-state index in [0.29, 0.717) is 17.1 Å². The Balaban J connectivity index is 2.73. The lowest BCUT2D eigenvalue weighted by Gasteiger charge is -2.14. The molecule has 0 radical (unpaired) electrons. The first-order valence-electron chi connectivity index (χ1n) is 6.21. The Morgan fingerprint density at radius 2 is 1.90 bits per heavy atom. The maximum atomic E-state index is 12.2. The van der Waals surface area contributed by atoms with Gasteiger partial charge in [0, 0.05) is 12.1 Å². The highest BCUT2D eigenvalue weighted by Gasteiger charge is 2.17. The van der Waals surface area contributed by atoms with E-state index in [0.717, 1.165) is 0 Å². The van der Waals surface area contributed by atoms with Crippen LogP contribution in [0, 0.1) is 0 Å². The molecule has 0 saturated carbocycles. The van der Waals surface area contributed by atoms with Crippen molar-refractivity contribution in [2.24, 2.45) is 0 Å². The molecule has 2 N–H and O–H groups in total. The first kappa shape index (κ1) is 16.0. The number of ketones is 1. The summed E-state index contributed by atoms with van der Waals surface area (Å²) >= 11 is 0. The van der Waals surface area contributed by atoms with Crippen molar-refractivity contribution in [3.8, 4) is 11.5 Å². The van der Waals surface area contributed by atoms with E-state index in [2.05, 4.69) is 5.32 Å². The summed E-state index contributed by atoms with van der Waals surface area (Å²) < 4.78 is 10.2. The number of ether oxygens (including phenoxy) is 2. The maximum absolute atomic E-state index is 12.2. The molecule has 0 fully saturated rings. The van der Waals surface area contributed by atoms with Gasteiger partial charge in [-0.1, -0.05) is 0 Å². The van der Waals surface area contributed by atoms with Crippen molar-refractivity contribution in [1.29, 1.82) is 0 Å². The van der Waals surface area contributed by atoms with Crippen LogP contribution in [0.5, 0.6) is 11.5 Å². The SMILES string of the molecule is COc1ccc(C(=O)C(C)NCCC(=O)O)cc1OC. The zero-order chi connectivity index (χ0) is 15.1. The molecule has 110 valence electrons. The van der Waals surface area contributed by atoms with Crippen LogP contribution in [-0.4, -0.2) is 43.7 Å². The molecule has 6 heteroatoms. The molecule has 1 atom stereocenters. The van der Waals surface area contributed by atoms with Crippen LogP contribution in [0.3, 0.4) is 0 Å². The number of hydrogen-bond donors (Lipinski definition) is 2. The third kappa shape index (κ3) is 4.24. The number of rotatable bonds is 8. The van der Waals surface area contributed by atoms with E-state index in [1.54, 1.807) is 25.1 Å². The van der Waals surface area contributed by atoms with Crippen LogP contribution < -0.4 is 14.8 Å². The maximum Gasteiger partial charge on any atom is 0.304 e. The standard InChI is InChI=1S/C14H19NO5/c1-9(15-7-6-13(16)17)14(18)10-4-5-11(19-2)12(8-10)20-3/h4-5,8-9,15H,6-7H2,1-3H3,(H,16,17). The van der Waals surface area contributed by atoms with E-state index in [1.165, 1.54) is 14.2 Å². The number of carboxylic acid groups (broad SMARTS) is 1. The van der Waals surface area contributed by atoms with Gasteiger partial charge in [-0.15, -0.1) is 0 Å². The van der Waals surface area contributed by atoms with Gasteiger partial charge in [0.15, 0.2) is 17.3 Å². The van der Waals surface area contributed by atoms with E-state index >= 15 is 0 Å². The normalized spacial score (nSPS) is 11.8. The summed E-state index contributed by atoms with van der Waals surface area (Å²) in [5.74, 6) is 0.00577. The fourth-order valence-electron chi connectivity index (χ4n) is 1.73. The summed E-state index contributed by atoms with van der Waals surface area (Å²) in [6, 6.07) is 4.46. The van der Waals surface area contributed by atoms with Crippen LogP contribution in [0.1, 0.15) is 23.7 Å². The quantitative estimate of drug-likeness (QED) is 0.699. The van der Waals surface area contributed by atoms with Gasteiger partial charge in [0.1, 0.15) is 0 Å². The predicted octanol–water partition coefficient (Wildman–Crippen LogP) is 1.34. The third-order valence-electron chi connectivity index (χ3n) is 2.85. The second-order valence-electron chi connectivity index (χ2n) is 4.25. The molecule has 1 aromatic carbocycles. The summed E-state index contributed by atoms with van der Waals surface area (Å²) in [4.78, 5) is 22.6. The number of carboxylic acids is 1. The lowest BCUT2D eigenvalue weighted by Crippen LogP contribution is -2.35. The number of methoxy groups -OCH3 is 2. The minimum Gasteiger partial charge on any atom is -0.493 e. The highest BCUT2D eigenvalue weighted by atomic mass is 16.5. The number of Topliss-reactive ketones (excluding diaryl/α,β-unsaturated/α-hetero) is 1. The van der Waals surface area contributed by atoms with Gasteiger partial charge in [-0.25, -0.2) is 0 Å². The molecule has 6 nitrogen and oxygen atoms in total. The Morgan fingerprint density at radius 1 is 1.25 bits per heavy atom. The molecule has 0 aromatic heterocycles. The topological polar surface area (TPSA) is 84.9 Å². The average Bonchev–Trinajstić information content (AvgIpc) is 2.45. The summed E-state index contributed by atoms with van der Waals surface area (Å²) in [5.41, 5.74) is 0.484. The molecule has 0 aliphatic heterocycles. The summed E-state index contributed by atoms with van der Waals surface area (Å²) in [5, 5.41) is 11.4. The van der Waals surface area contributed by atoms with Crippen LogP contribution >= 0.6 is 0 Å². The zero-order valence-electron chi connectivity index (χ0n) is 11.8. The number of carbonyl (C=O) groups is 2. The Labute approximate surface area is 117 Å². The Hall–Kier alpha value is -2.08. The van der Waals surface area contributed by atoms with Crippen molar-refractivity contribution in [2.75, 3.05) is 20.8 Å².